The quantitative estimate of drug-likeness (QED) is 0.617. The summed E-state index contributed by atoms with van der Waals surface area (Å²) in [6.07, 6.45) is 3.28. The van der Waals surface area contributed by atoms with E-state index >= 15 is 0 Å². The van der Waals surface area contributed by atoms with E-state index < -0.39 is 0 Å². The lowest BCUT2D eigenvalue weighted by atomic mass is 10.1. The smallest absolute Gasteiger partial charge is 0.161 e. The van der Waals surface area contributed by atoms with Crippen molar-refractivity contribution in [3.05, 3.63) is 24.3 Å². The van der Waals surface area contributed by atoms with Gasteiger partial charge in [0.2, 0.25) is 0 Å². The summed E-state index contributed by atoms with van der Waals surface area (Å²) in [7, 11) is 0. The molecule has 0 spiro atoms. The van der Waals surface area contributed by atoms with Crippen molar-refractivity contribution >= 4 is 15.9 Å². The first-order valence-electron chi connectivity index (χ1n) is 6.68. The fourth-order valence-electron chi connectivity index (χ4n) is 1.60. The maximum Gasteiger partial charge on any atom is 0.161 e. The van der Waals surface area contributed by atoms with Crippen LogP contribution in [0.3, 0.4) is 0 Å². The molecule has 1 rings (SSSR count). The molecule has 18 heavy (non-hydrogen) atoms. The Labute approximate surface area is 119 Å². The van der Waals surface area contributed by atoms with Crippen LogP contribution in [0.1, 0.15) is 33.1 Å². The normalized spacial score (nSPS) is 12.2. The standard InChI is InChI=1S/C15H23BrO2/c1-3-11-17-14-6-4-5-7-15(14)18-12-9-13(2)8-10-16/h4-7,13H,3,8-12H2,1-2H3. The zero-order valence-corrected chi connectivity index (χ0v) is 12.9. The first-order chi connectivity index (χ1) is 8.77. The Morgan fingerprint density at radius 1 is 1.06 bits per heavy atom. The molecule has 0 amide bonds. The molecule has 3 heteroatoms. The van der Waals surface area contributed by atoms with E-state index in [0.29, 0.717) is 5.92 Å². The molecule has 0 aromatic heterocycles. The number of ether oxygens (including phenoxy) is 2. The Bertz CT molecular complexity index is 328. The van der Waals surface area contributed by atoms with Gasteiger partial charge in [-0.1, -0.05) is 41.9 Å². The van der Waals surface area contributed by atoms with E-state index in [2.05, 4.69) is 29.8 Å². The van der Waals surface area contributed by atoms with Gasteiger partial charge in [0.15, 0.2) is 11.5 Å². The number of benzene rings is 1. The molecular weight excluding hydrogens is 292 g/mol. The molecule has 102 valence electrons. The minimum absolute atomic E-state index is 0.688. The van der Waals surface area contributed by atoms with Gasteiger partial charge in [0.1, 0.15) is 0 Å². The first-order valence-corrected chi connectivity index (χ1v) is 7.80. The van der Waals surface area contributed by atoms with Crippen LogP contribution in [-0.4, -0.2) is 18.5 Å². The fourth-order valence-corrected chi connectivity index (χ4v) is 2.38. The van der Waals surface area contributed by atoms with Crippen LogP contribution in [0.5, 0.6) is 11.5 Å². The van der Waals surface area contributed by atoms with Crippen LogP contribution in [-0.2, 0) is 0 Å². The molecule has 0 radical (unpaired) electrons. The molecule has 0 heterocycles. The van der Waals surface area contributed by atoms with E-state index in [1.165, 1.54) is 6.42 Å². The predicted octanol–water partition coefficient (Wildman–Crippen LogP) is 4.67. The van der Waals surface area contributed by atoms with Gasteiger partial charge >= 0.3 is 0 Å². The number of halogens is 1. The Balaban J connectivity index is 2.40. The molecule has 0 aliphatic heterocycles. The van der Waals surface area contributed by atoms with E-state index in [-0.39, 0.29) is 0 Å². The molecule has 2 nitrogen and oxygen atoms in total. The highest BCUT2D eigenvalue weighted by Crippen LogP contribution is 2.27. The number of rotatable bonds is 9. The van der Waals surface area contributed by atoms with Crippen LogP contribution in [0.2, 0.25) is 0 Å². The maximum atomic E-state index is 5.81. The van der Waals surface area contributed by atoms with Gasteiger partial charge in [-0.2, -0.15) is 0 Å². The Morgan fingerprint density at radius 2 is 1.67 bits per heavy atom. The highest BCUT2D eigenvalue weighted by Gasteiger charge is 2.05. The minimum Gasteiger partial charge on any atom is -0.490 e. The summed E-state index contributed by atoms with van der Waals surface area (Å²) in [5, 5.41) is 1.06. The fraction of sp³-hybridized carbons (Fsp3) is 0.600. The van der Waals surface area contributed by atoms with Gasteiger partial charge in [0.05, 0.1) is 13.2 Å². The lowest BCUT2D eigenvalue weighted by Gasteiger charge is -2.14. The maximum absolute atomic E-state index is 5.81. The second kappa shape index (κ2) is 9.26. The highest BCUT2D eigenvalue weighted by molar-refractivity contribution is 9.09. The zero-order valence-electron chi connectivity index (χ0n) is 11.3. The van der Waals surface area contributed by atoms with Crippen molar-refractivity contribution in [2.45, 2.75) is 33.1 Å². The Morgan fingerprint density at radius 3 is 2.22 bits per heavy atom. The number of para-hydroxylation sites is 2. The van der Waals surface area contributed by atoms with Gasteiger partial charge in [-0.25, -0.2) is 0 Å². The SMILES string of the molecule is CCCOc1ccccc1OCCC(C)CCBr. The summed E-state index contributed by atoms with van der Waals surface area (Å²) < 4.78 is 11.5. The van der Waals surface area contributed by atoms with Crippen molar-refractivity contribution in [3.8, 4) is 11.5 Å². The molecule has 0 aliphatic rings. The molecule has 1 aromatic rings. The minimum atomic E-state index is 0.688. The van der Waals surface area contributed by atoms with E-state index in [1.807, 2.05) is 24.3 Å². The zero-order chi connectivity index (χ0) is 13.2. The lowest BCUT2D eigenvalue weighted by molar-refractivity contribution is 0.252. The number of hydrogen-bond acceptors (Lipinski definition) is 2. The van der Waals surface area contributed by atoms with Gasteiger partial charge < -0.3 is 9.47 Å². The summed E-state index contributed by atoms with van der Waals surface area (Å²) in [5.74, 6) is 2.40. The van der Waals surface area contributed by atoms with E-state index in [4.69, 9.17) is 9.47 Å². The van der Waals surface area contributed by atoms with Crippen molar-refractivity contribution in [2.75, 3.05) is 18.5 Å². The largest absolute Gasteiger partial charge is 0.490 e. The molecule has 1 aromatic carbocycles. The van der Waals surface area contributed by atoms with E-state index in [0.717, 1.165) is 42.9 Å². The van der Waals surface area contributed by atoms with Crippen LogP contribution < -0.4 is 9.47 Å². The van der Waals surface area contributed by atoms with Gasteiger partial charge in [-0.3, -0.25) is 0 Å². The molecule has 0 N–H and O–H groups in total. The molecular formula is C15H23BrO2. The summed E-state index contributed by atoms with van der Waals surface area (Å²) in [4.78, 5) is 0. The van der Waals surface area contributed by atoms with Crippen LogP contribution in [0, 0.1) is 5.92 Å². The first kappa shape index (κ1) is 15.4. The van der Waals surface area contributed by atoms with Gasteiger partial charge in [-0.05, 0) is 37.3 Å². The molecule has 0 fully saturated rings. The van der Waals surface area contributed by atoms with Gasteiger partial charge in [0, 0.05) is 5.33 Å². The van der Waals surface area contributed by atoms with Crippen LogP contribution in [0.15, 0.2) is 24.3 Å². The molecule has 0 saturated heterocycles. The van der Waals surface area contributed by atoms with Crippen LogP contribution in [0.25, 0.3) is 0 Å². The molecule has 1 unspecified atom stereocenters. The number of alkyl halides is 1. The van der Waals surface area contributed by atoms with Crippen molar-refractivity contribution < 1.29 is 9.47 Å². The summed E-state index contributed by atoms with van der Waals surface area (Å²) in [6.45, 7) is 5.84. The van der Waals surface area contributed by atoms with Crippen molar-refractivity contribution in [1.29, 1.82) is 0 Å². The van der Waals surface area contributed by atoms with Crippen molar-refractivity contribution in [3.63, 3.8) is 0 Å². The van der Waals surface area contributed by atoms with Gasteiger partial charge in [-0.15, -0.1) is 0 Å². The summed E-state index contributed by atoms with van der Waals surface area (Å²) in [6, 6.07) is 7.90. The van der Waals surface area contributed by atoms with Gasteiger partial charge in [0.25, 0.3) is 0 Å². The summed E-state index contributed by atoms with van der Waals surface area (Å²) in [5.41, 5.74) is 0. The third-order valence-electron chi connectivity index (χ3n) is 2.78. The Kier molecular flexibility index (Phi) is 7.90. The van der Waals surface area contributed by atoms with Crippen LogP contribution >= 0.6 is 15.9 Å². The average molecular weight is 315 g/mol. The topological polar surface area (TPSA) is 18.5 Å². The second-order valence-corrected chi connectivity index (χ2v) is 5.31. The molecule has 0 aliphatic carbocycles. The second-order valence-electron chi connectivity index (χ2n) is 4.52. The lowest BCUT2D eigenvalue weighted by Crippen LogP contribution is -2.06. The monoisotopic (exact) mass is 314 g/mol. The summed E-state index contributed by atoms with van der Waals surface area (Å²) >= 11 is 3.47. The van der Waals surface area contributed by atoms with E-state index in [9.17, 15) is 0 Å². The Hall–Kier alpha value is -0.700. The third kappa shape index (κ3) is 5.76. The average Bonchev–Trinajstić information content (AvgIpc) is 2.38. The predicted molar refractivity (Wildman–Crippen MR) is 79.9 cm³/mol. The third-order valence-corrected chi connectivity index (χ3v) is 3.24. The molecule has 0 saturated carbocycles. The molecule has 0 bridgehead atoms. The van der Waals surface area contributed by atoms with Crippen molar-refractivity contribution in [1.82, 2.24) is 0 Å². The van der Waals surface area contributed by atoms with Crippen molar-refractivity contribution in [2.24, 2.45) is 5.92 Å². The van der Waals surface area contributed by atoms with E-state index in [1.54, 1.807) is 0 Å². The molecule has 1 atom stereocenters. The number of hydrogen-bond donors (Lipinski definition) is 0. The highest BCUT2D eigenvalue weighted by atomic mass is 79.9. The van der Waals surface area contributed by atoms with Crippen LogP contribution in [0.4, 0.5) is 0 Å².